The summed E-state index contributed by atoms with van der Waals surface area (Å²) in [6.07, 6.45) is 0.763. The van der Waals surface area contributed by atoms with Crippen LogP contribution in [-0.4, -0.2) is 28.6 Å². The molecule has 0 fully saturated rings. The van der Waals surface area contributed by atoms with Gasteiger partial charge >= 0.3 is 0 Å². The lowest BCUT2D eigenvalue weighted by Crippen LogP contribution is -2.38. The fourth-order valence-electron chi connectivity index (χ4n) is 1.44. The fraction of sp³-hybridized carbons (Fsp3) is 0.462. The van der Waals surface area contributed by atoms with Crippen molar-refractivity contribution in [3.63, 3.8) is 0 Å². The molecule has 1 N–H and O–H groups in total. The van der Waals surface area contributed by atoms with E-state index in [1.54, 1.807) is 16.2 Å². The first kappa shape index (κ1) is 15.4. The number of amides is 1. The van der Waals surface area contributed by atoms with Crippen LogP contribution in [0.4, 0.5) is 0 Å². The van der Waals surface area contributed by atoms with Crippen molar-refractivity contribution in [3.8, 4) is 0 Å². The van der Waals surface area contributed by atoms with E-state index in [0.717, 1.165) is 9.35 Å². The van der Waals surface area contributed by atoms with Crippen LogP contribution in [-0.2, 0) is 11.3 Å². The molecule has 1 atom stereocenters. The number of rotatable bonds is 6. The van der Waals surface area contributed by atoms with Gasteiger partial charge in [0.1, 0.15) is 0 Å². The first-order valence-electron chi connectivity index (χ1n) is 5.77. The number of carbonyl (C=O) groups excluding carboxylic acids is 1. The van der Waals surface area contributed by atoms with Gasteiger partial charge in [-0.15, -0.1) is 11.3 Å². The molecule has 5 heteroatoms. The van der Waals surface area contributed by atoms with Crippen molar-refractivity contribution in [1.82, 2.24) is 4.90 Å². The van der Waals surface area contributed by atoms with Crippen LogP contribution in [0.15, 0.2) is 27.9 Å². The van der Waals surface area contributed by atoms with Crippen LogP contribution in [0.2, 0.25) is 0 Å². The van der Waals surface area contributed by atoms with E-state index < -0.39 is 6.10 Å². The van der Waals surface area contributed by atoms with Crippen molar-refractivity contribution in [3.05, 3.63) is 33.5 Å². The molecule has 0 radical (unpaired) electrons. The molecular weight excluding hydrogens is 314 g/mol. The lowest BCUT2D eigenvalue weighted by atomic mass is 10.1. The van der Waals surface area contributed by atoms with Crippen LogP contribution < -0.4 is 0 Å². The highest BCUT2D eigenvalue weighted by Crippen LogP contribution is 2.25. The van der Waals surface area contributed by atoms with Gasteiger partial charge in [-0.3, -0.25) is 4.79 Å². The summed E-state index contributed by atoms with van der Waals surface area (Å²) in [7, 11) is 0. The maximum absolute atomic E-state index is 11.8. The molecule has 1 heterocycles. The molecule has 0 saturated carbocycles. The summed E-state index contributed by atoms with van der Waals surface area (Å²) in [4.78, 5) is 13.4. The highest BCUT2D eigenvalue weighted by atomic mass is 79.9. The molecule has 1 aromatic rings. The number of hydrogen-bond acceptors (Lipinski definition) is 3. The highest BCUT2D eigenvalue weighted by Gasteiger charge is 2.19. The van der Waals surface area contributed by atoms with Crippen LogP contribution in [0, 0.1) is 5.92 Å². The topological polar surface area (TPSA) is 40.5 Å². The van der Waals surface area contributed by atoms with Gasteiger partial charge in [0.15, 0.2) is 0 Å². The van der Waals surface area contributed by atoms with Crippen molar-refractivity contribution >= 4 is 33.2 Å². The third kappa shape index (κ3) is 4.23. The standard InChI is InChI=1S/C13H18BrNO2S/c1-4-12(17)15(8-11(16)9(2)3)7-10-5-6-18-13(10)14/h4-6,9,11,16H,1,7-8H2,2-3H3. The van der Waals surface area contributed by atoms with Crippen LogP contribution >= 0.6 is 27.3 Å². The summed E-state index contributed by atoms with van der Waals surface area (Å²) in [5.74, 6) is -0.0381. The SMILES string of the molecule is C=CC(=O)N(Cc1ccsc1Br)CC(O)C(C)C. The Bertz CT molecular complexity index is 417. The van der Waals surface area contributed by atoms with Crippen LogP contribution in [0.1, 0.15) is 19.4 Å². The van der Waals surface area contributed by atoms with E-state index in [9.17, 15) is 9.90 Å². The van der Waals surface area contributed by atoms with Crippen molar-refractivity contribution in [1.29, 1.82) is 0 Å². The Labute approximate surface area is 120 Å². The van der Waals surface area contributed by atoms with E-state index in [1.807, 2.05) is 25.3 Å². The third-order valence-electron chi connectivity index (χ3n) is 2.72. The van der Waals surface area contributed by atoms with Gasteiger partial charge in [-0.2, -0.15) is 0 Å². The molecule has 100 valence electrons. The minimum absolute atomic E-state index is 0.121. The Morgan fingerprint density at radius 3 is 2.78 bits per heavy atom. The van der Waals surface area contributed by atoms with Crippen molar-refractivity contribution in [2.45, 2.75) is 26.5 Å². The maximum Gasteiger partial charge on any atom is 0.246 e. The lowest BCUT2D eigenvalue weighted by Gasteiger charge is -2.25. The summed E-state index contributed by atoms with van der Waals surface area (Å²) in [6.45, 7) is 8.18. The zero-order chi connectivity index (χ0) is 13.7. The van der Waals surface area contributed by atoms with E-state index in [4.69, 9.17) is 0 Å². The molecule has 0 bridgehead atoms. The van der Waals surface area contributed by atoms with Gasteiger partial charge in [-0.25, -0.2) is 0 Å². The molecule has 3 nitrogen and oxygen atoms in total. The van der Waals surface area contributed by atoms with Crippen LogP contribution in [0.25, 0.3) is 0 Å². The number of thiophene rings is 1. The Morgan fingerprint density at radius 2 is 2.33 bits per heavy atom. The molecule has 18 heavy (non-hydrogen) atoms. The van der Waals surface area contributed by atoms with Gasteiger partial charge < -0.3 is 10.0 Å². The highest BCUT2D eigenvalue weighted by molar-refractivity contribution is 9.11. The zero-order valence-electron chi connectivity index (χ0n) is 10.6. The molecular formula is C13H18BrNO2S. The minimum atomic E-state index is -0.522. The third-order valence-corrected chi connectivity index (χ3v) is 4.53. The normalized spacial score (nSPS) is 12.5. The van der Waals surface area contributed by atoms with Gasteiger partial charge in [-0.1, -0.05) is 20.4 Å². The van der Waals surface area contributed by atoms with Crippen molar-refractivity contribution in [2.24, 2.45) is 5.92 Å². The van der Waals surface area contributed by atoms with Gasteiger partial charge in [0.2, 0.25) is 5.91 Å². The number of nitrogens with zero attached hydrogens (tertiary/aromatic N) is 1. The molecule has 1 rings (SSSR count). The smallest absolute Gasteiger partial charge is 0.246 e. The van der Waals surface area contributed by atoms with Crippen molar-refractivity contribution in [2.75, 3.05) is 6.54 Å². The van der Waals surface area contributed by atoms with E-state index in [1.165, 1.54) is 6.08 Å². The Kier molecular flexibility index (Phi) is 6.05. The number of aliphatic hydroxyl groups is 1. The molecule has 0 saturated heterocycles. The quantitative estimate of drug-likeness (QED) is 0.814. The van der Waals surface area contributed by atoms with E-state index >= 15 is 0 Å². The number of halogens is 1. The van der Waals surface area contributed by atoms with Gasteiger partial charge in [0, 0.05) is 13.1 Å². The van der Waals surface area contributed by atoms with Crippen LogP contribution in [0.3, 0.4) is 0 Å². The summed E-state index contributed by atoms with van der Waals surface area (Å²) in [6, 6.07) is 1.97. The Balaban J connectivity index is 2.76. The number of carbonyl (C=O) groups is 1. The van der Waals surface area contributed by atoms with Crippen molar-refractivity contribution < 1.29 is 9.90 Å². The van der Waals surface area contributed by atoms with Gasteiger partial charge in [0.05, 0.1) is 9.89 Å². The fourth-order valence-corrected chi connectivity index (χ4v) is 2.65. The van der Waals surface area contributed by atoms with Gasteiger partial charge in [-0.05, 0) is 44.9 Å². The van der Waals surface area contributed by atoms with E-state index in [2.05, 4.69) is 22.5 Å². The molecule has 1 amide bonds. The first-order chi connectivity index (χ1) is 8.45. The lowest BCUT2D eigenvalue weighted by molar-refractivity contribution is -0.128. The second-order valence-corrected chi connectivity index (χ2v) is 6.69. The van der Waals surface area contributed by atoms with E-state index in [0.29, 0.717) is 13.1 Å². The molecule has 0 aliphatic carbocycles. The second kappa shape index (κ2) is 7.07. The summed E-state index contributed by atoms with van der Waals surface area (Å²) in [5.41, 5.74) is 1.05. The predicted octanol–water partition coefficient (Wildman–Crippen LogP) is 3.04. The summed E-state index contributed by atoms with van der Waals surface area (Å²) >= 11 is 5.03. The average Bonchev–Trinajstić information content (AvgIpc) is 2.72. The van der Waals surface area contributed by atoms with E-state index in [-0.39, 0.29) is 11.8 Å². The molecule has 1 unspecified atom stereocenters. The predicted molar refractivity (Wildman–Crippen MR) is 78.5 cm³/mol. The largest absolute Gasteiger partial charge is 0.391 e. The molecule has 0 aliphatic rings. The molecule has 1 aromatic heterocycles. The molecule has 0 aliphatic heterocycles. The average molecular weight is 332 g/mol. The minimum Gasteiger partial charge on any atom is -0.391 e. The zero-order valence-corrected chi connectivity index (χ0v) is 13.0. The maximum atomic E-state index is 11.8. The molecule has 0 aromatic carbocycles. The monoisotopic (exact) mass is 331 g/mol. The number of hydrogen-bond donors (Lipinski definition) is 1. The summed E-state index contributed by atoms with van der Waals surface area (Å²) < 4.78 is 1.02. The first-order valence-corrected chi connectivity index (χ1v) is 7.44. The van der Waals surface area contributed by atoms with Crippen LogP contribution in [0.5, 0.6) is 0 Å². The molecule has 0 spiro atoms. The Morgan fingerprint density at radius 1 is 1.67 bits per heavy atom. The Hall–Kier alpha value is -0.650. The number of aliphatic hydroxyl groups excluding tert-OH is 1. The second-order valence-electron chi connectivity index (χ2n) is 4.45. The van der Waals surface area contributed by atoms with Gasteiger partial charge in [0.25, 0.3) is 0 Å². The summed E-state index contributed by atoms with van der Waals surface area (Å²) in [5, 5.41) is 11.9.